The van der Waals surface area contributed by atoms with Crippen molar-refractivity contribution in [1.82, 2.24) is 15.0 Å². The fraction of sp³-hybridized carbons (Fsp3) is 0.182. The number of aromatic nitrogens is 2. The van der Waals surface area contributed by atoms with Gasteiger partial charge in [0.1, 0.15) is 0 Å². The zero-order chi connectivity index (χ0) is 13.1. The molecule has 0 radical (unpaired) electrons. The van der Waals surface area contributed by atoms with E-state index in [4.69, 9.17) is 10.3 Å². The van der Waals surface area contributed by atoms with Gasteiger partial charge in [0.05, 0.1) is 30.4 Å². The van der Waals surface area contributed by atoms with Crippen molar-refractivity contribution >= 4 is 16.8 Å². The molecule has 0 atom stereocenters. The van der Waals surface area contributed by atoms with Crippen LogP contribution in [0.5, 0.6) is 0 Å². The Kier molecular flexibility index (Phi) is 3.35. The second kappa shape index (κ2) is 4.94. The fourth-order valence-electron chi connectivity index (χ4n) is 1.63. The number of carbonyl (C=O) groups is 1. The van der Waals surface area contributed by atoms with Crippen molar-refractivity contribution in [2.75, 3.05) is 6.61 Å². The maximum absolute atomic E-state index is 12.0. The van der Waals surface area contributed by atoms with Gasteiger partial charge in [-0.15, -0.1) is 0 Å². The van der Waals surface area contributed by atoms with E-state index < -0.39 is 5.91 Å². The van der Waals surface area contributed by atoms with Gasteiger partial charge in [0.15, 0.2) is 0 Å². The van der Waals surface area contributed by atoms with Crippen LogP contribution in [-0.2, 0) is 6.54 Å². The molecule has 0 aliphatic carbocycles. The van der Waals surface area contributed by atoms with Crippen LogP contribution in [0.1, 0.15) is 10.4 Å². The fourth-order valence-corrected chi connectivity index (χ4v) is 1.63. The Morgan fingerprint density at radius 1 is 1.44 bits per heavy atom. The van der Waals surface area contributed by atoms with Gasteiger partial charge in [-0.05, 0) is 18.2 Å². The molecule has 1 aromatic heterocycles. The molecule has 2 aromatic rings. The Labute approximate surface area is 101 Å². The van der Waals surface area contributed by atoms with Gasteiger partial charge in [0, 0.05) is 5.56 Å². The molecule has 94 valence electrons. The summed E-state index contributed by atoms with van der Waals surface area (Å²) in [6.07, 6.45) is 1.34. The van der Waals surface area contributed by atoms with E-state index in [1.54, 1.807) is 0 Å². The largest absolute Gasteiger partial charge is 0.395 e. The third-order valence-electron chi connectivity index (χ3n) is 2.53. The number of aliphatic hydroxyl groups excluding tert-OH is 1. The van der Waals surface area contributed by atoms with Crippen LogP contribution >= 0.6 is 0 Å². The van der Waals surface area contributed by atoms with Crippen LogP contribution < -0.4 is 11.0 Å². The quantitative estimate of drug-likeness (QED) is 0.503. The molecule has 0 saturated heterocycles. The van der Waals surface area contributed by atoms with Gasteiger partial charge in [-0.25, -0.2) is 10.5 Å². The number of hydrogen-bond acceptors (Lipinski definition) is 5. The third kappa shape index (κ3) is 2.08. The smallest absolute Gasteiger partial charge is 0.274 e. The van der Waals surface area contributed by atoms with Gasteiger partial charge in [-0.3, -0.25) is 19.4 Å². The summed E-state index contributed by atoms with van der Waals surface area (Å²) in [5.74, 6) is -0.700. The molecule has 0 aliphatic rings. The lowest BCUT2D eigenvalue weighted by molar-refractivity contribution is 0.0706. The van der Waals surface area contributed by atoms with Crippen LogP contribution in [0.3, 0.4) is 0 Å². The second-order valence-electron chi connectivity index (χ2n) is 3.64. The molecular weight excluding hydrogens is 238 g/mol. The van der Waals surface area contributed by atoms with E-state index in [1.807, 2.05) is 0 Å². The Bertz CT molecular complexity index is 650. The lowest BCUT2D eigenvalue weighted by Gasteiger charge is -2.05. The molecule has 1 heterocycles. The first-order chi connectivity index (χ1) is 8.67. The van der Waals surface area contributed by atoms with E-state index in [9.17, 15) is 9.59 Å². The summed E-state index contributed by atoms with van der Waals surface area (Å²) in [4.78, 5) is 27.3. The van der Waals surface area contributed by atoms with Gasteiger partial charge in [-0.1, -0.05) is 0 Å². The molecule has 1 aromatic carbocycles. The number of fused-ring (bicyclic) bond motifs is 1. The minimum atomic E-state index is -0.700. The lowest BCUT2D eigenvalue weighted by Crippen LogP contribution is -2.23. The number of benzene rings is 1. The van der Waals surface area contributed by atoms with E-state index in [-0.39, 0.29) is 29.7 Å². The highest BCUT2D eigenvalue weighted by Crippen LogP contribution is 2.09. The average Bonchev–Trinajstić information content (AvgIpc) is 2.41. The molecule has 0 spiro atoms. The predicted octanol–water partition coefficient (Wildman–Crippen LogP) is -0.492. The SMILES string of the molecule is O=C(NO)c1ccc2ncn(CCO)c(=O)c2c1. The molecule has 0 fully saturated rings. The first-order valence-corrected chi connectivity index (χ1v) is 5.22. The van der Waals surface area contributed by atoms with Crippen LogP contribution in [0.4, 0.5) is 0 Å². The molecule has 0 saturated carbocycles. The maximum Gasteiger partial charge on any atom is 0.274 e. The molecule has 7 nitrogen and oxygen atoms in total. The summed E-state index contributed by atoms with van der Waals surface area (Å²) in [6.45, 7) is -0.0396. The number of hydrogen-bond donors (Lipinski definition) is 3. The number of carbonyl (C=O) groups excluding carboxylic acids is 1. The van der Waals surface area contributed by atoms with Crippen LogP contribution in [-0.4, -0.2) is 32.4 Å². The van der Waals surface area contributed by atoms with Crippen molar-refractivity contribution in [1.29, 1.82) is 0 Å². The van der Waals surface area contributed by atoms with Gasteiger partial charge in [-0.2, -0.15) is 0 Å². The van der Waals surface area contributed by atoms with E-state index in [0.717, 1.165) is 0 Å². The summed E-state index contributed by atoms with van der Waals surface area (Å²) >= 11 is 0. The number of rotatable bonds is 3. The predicted molar refractivity (Wildman–Crippen MR) is 62.3 cm³/mol. The molecule has 0 aliphatic heterocycles. The first kappa shape index (κ1) is 12.2. The first-order valence-electron chi connectivity index (χ1n) is 5.22. The number of aliphatic hydroxyl groups is 1. The number of hydroxylamine groups is 1. The molecule has 0 unspecified atom stereocenters. The maximum atomic E-state index is 12.0. The van der Waals surface area contributed by atoms with Crippen molar-refractivity contribution in [3.05, 3.63) is 40.4 Å². The number of nitrogens with zero attached hydrogens (tertiary/aromatic N) is 2. The molecule has 3 N–H and O–H groups in total. The van der Waals surface area contributed by atoms with E-state index in [2.05, 4.69) is 4.98 Å². The highest BCUT2D eigenvalue weighted by atomic mass is 16.5. The van der Waals surface area contributed by atoms with Crippen molar-refractivity contribution in [3.63, 3.8) is 0 Å². The lowest BCUT2D eigenvalue weighted by atomic mass is 10.1. The normalized spacial score (nSPS) is 10.6. The number of amides is 1. The Morgan fingerprint density at radius 2 is 2.22 bits per heavy atom. The van der Waals surface area contributed by atoms with E-state index in [0.29, 0.717) is 5.52 Å². The summed E-state index contributed by atoms with van der Waals surface area (Å²) in [5.41, 5.74) is 1.76. The average molecular weight is 249 g/mol. The van der Waals surface area contributed by atoms with Crippen molar-refractivity contribution in [2.24, 2.45) is 0 Å². The highest BCUT2D eigenvalue weighted by molar-refractivity contribution is 5.97. The molecular formula is C11H11N3O4. The van der Waals surface area contributed by atoms with Crippen molar-refractivity contribution in [2.45, 2.75) is 6.54 Å². The minimum absolute atomic E-state index is 0.137. The highest BCUT2D eigenvalue weighted by Gasteiger charge is 2.09. The zero-order valence-corrected chi connectivity index (χ0v) is 9.33. The van der Waals surface area contributed by atoms with E-state index >= 15 is 0 Å². The van der Waals surface area contributed by atoms with Crippen LogP contribution in [0.2, 0.25) is 0 Å². The van der Waals surface area contributed by atoms with Gasteiger partial charge < -0.3 is 5.11 Å². The Balaban J connectivity index is 2.63. The molecule has 0 bridgehead atoms. The van der Waals surface area contributed by atoms with Crippen molar-refractivity contribution in [3.8, 4) is 0 Å². The topological polar surface area (TPSA) is 104 Å². The van der Waals surface area contributed by atoms with Crippen LogP contribution in [0.25, 0.3) is 10.9 Å². The summed E-state index contributed by atoms with van der Waals surface area (Å²) < 4.78 is 1.25. The second-order valence-corrected chi connectivity index (χ2v) is 3.64. The molecule has 7 heteroatoms. The summed E-state index contributed by atoms with van der Waals surface area (Å²) in [7, 11) is 0. The number of nitrogens with one attached hydrogen (secondary N) is 1. The minimum Gasteiger partial charge on any atom is -0.395 e. The molecule has 1 amide bonds. The van der Waals surface area contributed by atoms with Crippen molar-refractivity contribution < 1.29 is 15.1 Å². The third-order valence-corrected chi connectivity index (χ3v) is 2.53. The summed E-state index contributed by atoms with van der Waals surface area (Å²) in [6, 6.07) is 4.32. The van der Waals surface area contributed by atoms with Crippen LogP contribution in [0, 0.1) is 0 Å². The Morgan fingerprint density at radius 3 is 2.89 bits per heavy atom. The van der Waals surface area contributed by atoms with Gasteiger partial charge in [0.2, 0.25) is 0 Å². The van der Waals surface area contributed by atoms with Crippen LogP contribution in [0.15, 0.2) is 29.3 Å². The molecule has 2 rings (SSSR count). The molecule has 18 heavy (non-hydrogen) atoms. The standard InChI is InChI=1S/C11H11N3O4/c15-4-3-14-6-12-9-2-1-7(10(16)13-18)5-8(9)11(14)17/h1-2,5-6,15,18H,3-4H2,(H,13,16). The van der Waals surface area contributed by atoms with Gasteiger partial charge >= 0.3 is 0 Å². The van der Waals surface area contributed by atoms with Gasteiger partial charge in [0.25, 0.3) is 11.5 Å². The zero-order valence-electron chi connectivity index (χ0n) is 9.33. The van der Waals surface area contributed by atoms with E-state index in [1.165, 1.54) is 34.6 Å². The monoisotopic (exact) mass is 249 g/mol. The summed E-state index contributed by atoms with van der Waals surface area (Å²) in [5, 5.41) is 17.6. The Hall–Kier alpha value is -2.25.